The Kier molecular flexibility index (Phi) is 81.4. The van der Waals surface area contributed by atoms with Gasteiger partial charge in [0.15, 0.2) is 55.4 Å². The van der Waals surface area contributed by atoms with Crippen LogP contribution in [0.15, 0.2) is 48.6 Å². The number of carbonyl (C=O) groups excluding carboxylic acids is 1. The van der Waals surface area contributed by atoms with Gasteiger partial charge in [0.25, 0.3) is 0 Å². The predicted molar refractivity (Wildman–Crippen MR) is 627 cm³/mol. The van der Waals surface area contributed by atoms with E-state index in [0.29, 0.717) is 91.2 Å². The molecular weight excluding hydrogens is 1990 g/mol. The average Bonchev–Trinajstić information content (AvgIpc) is 1.66. The first kappa shape index (κ1) is 145. The van der Waals surface area contributed by atoms with Crippen LogP contribution in [0, 0.1) is 47.3 Å². The molecule has 0 spiro atoms. The topological polar surface area (TPSA) is 238 Å². The number of Topliss-reactive ketones (excluding diaryl/α,β-unsaturated/α-hetero) is 1. The van der Waals surface area contributed by atoms with Crippen LogP contribution in [0.2, 0.25) is 54.4 Å². The van der Waals surface area contributed by atoms with Crippen LogP contribution in [0.25, 0.3) is 0 Å². The molecule has 4 saturated carbocycles. The minimum Gasteiger partial charge on any atom is -0.414 e. The summed E-state index contributed by atoms with van der Waals surface area (Å²) in [6.45, 7) is 59.3. The van der Waals surface area contributed by atoms with Crippen molar-refractivity contribution in [1.82, 2.24) is 0 Å². The first-order chi connectivity index (χ1) is 66.9. The number of rotatable bonds is 73. The fraction of sp³-hybridized carbons (Fsp3) is 0.922. The zero-order valence-corrected chi connectivity index (χ0v) is 106. The zero-order valence-electron chi connectivity index (χ0n) is 98.1. The molecule has 0 aromatic carbocycles. The number of ether oxygens (including phenoxy) is 8. The van der Waals surface area contributed by atoms with E-state index >= 15 is 0 Å². The molecule has 22 atom stereocenters. The van der Waals surface area contributed by atoms with Crippen molar-refractivity contribution in [2.45, 2.75) is 510 Å². The third-order valence-corrected chi connectivity index (χ3v) is 53.2. The van der Waals surface area contributed by atoms with Crippen molar-refractivity contribution in [3.05, 3.63) is 48.6 Å². The summed E-state index contributed by atoms with van der Waals surface area (Å²) in [7, 11) is 0.0627. The molecule has 0 radical (unpaired) electrons. The molecule has 28 heteroatoms. The van der Waals surface area contributed by atoms with Gasteiger partial charge in [-0.15, -0.1) is 0 Å². The third-order valence-electron chi connectivity index (χ3n) is 31.9. The minimum atomic E-state index is -2.90. The SMILES string of the molecule is C.CCCCC[C@@H](/C=C/[C@@H]1[C@@H](CCCCCCBr)[C@@H](O[Si](C)(C)C(C)(C)C)C[C@H]1OC)OC.CCCCC[C@@H](/C=C/[C@@H]1[C@@H](CCCCCCP(C)(=O)OCC)[C@@H](O[Si](C)(C)C(C)(C)C)C[C@H]1OC)OC.CCCCC[C@@H](/C=C/[C@H]1[C@H](OC)CC(=O)[C@@H]1CCCCCCP(=O)(O)CC)OC.CCCCC[C@@H](/C=C/[C@H]1[C@H](OC)CC(O[Si](C)(C)C(C)(C)C)[C@@H]1CCCCCCP(=O)(O)CC)OC.CCOP(C)OCC. The zero-order chi connectivity index (χ0) is 108. The Morgan fingerprint density at radius 3 is 0.902 bits per heavy atom. The van der Waals surface area contributed by atoms with E-state index in [1.807, 2.05) is 70.1 Å². The summed E-state index contributed by atoms with van der Waals surface area (Å²) in [4.78, 5) is 32.1. The Morgan fingerprint density at radius 2 is 0.650 bits per heavy atom. The highest BCUT2D eigenvalue weighted by Gasteiger charge is 2.52. The second-order valence-electron chi connectivity index (χ2n) is 46.0. The molecule has 2 N–H and O–H groups in total. The Morgan fingerprint density at radius 1 is 0.378 bits per heavy atom. The number of carbonyl (C=O) groups is 1. The van der Waals surface area contributed by atoms with E-state index in [1.54, 1.807) is 34.7 Å². The number of hydrogen-bond acceptors (Lipinski definition) is 18. The van der Waals surface area contributed by atoms with Crippen molar-refractivity contribution in [3.63, 3.8) is 0 Å². The van der Waals surface area contributed by atoms with Gasteiger partial charge < -0.3 is 74.5 Å². The molecule has 4 unspecified atom stereocenters. The van der Waals surface area contributed by atoms with Crippen LogP contribution in [0.1, 0.15) is 389 Å². The van der Waals surface area contributed by atoms with Crippen LogP contribution in [0.4, 0.5) is 0 Å². The number of unbranched alkanes of at least 4 members (excludes halogenated alkanes) is 20. The number of hydrogen-bond donors (Lipinski definition) is 2. The van der Waals surface area contributed by atoms with Gasteiger partial charge in [0.2, 0.25) is 0 Å². The maximum Gasteiger partial charge on any atom is 0.200 e. The number of methoxy groups -OCH3 is 8. The van der Waals surface area contributed by atoms with Crippen molar-refractivity contribution in [2.75, 3.05) is 126 Å². The Balaban J connectivity index is 0. The maximum atomic E-state index is 12.6. The van der Waals surface area contributed by atoms with Crippen LogP contribution >= 0.6 is 46.4 Å². The van der Waals surface area contributed by atoms with E-state index in [9.17, 15) is 28.3 Å². The van der Waals surface area contributed by atoms with Crippen molar-refractivity contribution in [2.24, 2.45) is 47.3 Å². The Bertz CT molecular complexity index is 3380. The van der Waals surface area contributed by atoms with Crippen molar-refractivity contribution in [1.29, 1.82) is 0 Å². The summed E-state index contributed by atoms with van der Waals surface area (Å²) in [6, 6.07) is 0. The van der Waals surface area contributed by atoms with Crippen molar-refractivity contribution < 1.29 is 93.0 Å². The summed E-state index contributed by atoms with van der Waals surface area (Å²) < 4.78 is 119. The molecule has 4 fully saturated rings. The van der Waals surface area contributed by atoms with E-state index in [1.165, 1.54) is 103 Å². The van der Waals surface area contributed by atoms with E-state index in [4.69, 9.17) is 64.7 Å². The van der Waals surface area contributed by atoms with Gasteiger partial charge in [0, 0.05) is 142 Å². The van der Waals surface area contributed by atoms with Gasteiger partial charge in [-0.25, -0.2) is 0 Å². The highest BCUT2D eigenvalue weighted by Crippen LogP contribution is 2.52. The van der Waals surface area contributed by atoms with Crippen molar-refractivity contribution in [3.8, 4) is 0 Å². The molecule has 4 rings (SSSR count). The van der Waals surface area contributed by atoms with Crippen LogP contribution < -0.4 is 0 Å². The number of alkyl halides is 1. The molecule has 4 aliphatic rings. The first-order valence-electron chi connectivity index (χ1n) is 56.8. The Hall–Kier alpha value is 0.241. The largest absolute Gasteiger partial charge is 0.414 e. The fourth-order valence-electron chi connectivity index (χ4n) is 19.6. The van der Waals surface area contributed by atoms with Crippen molar-refractivity contribution >= 4 is 77.1 Å². The van der Waals surface area contributed by atoms with Crippen LogP contribution in [0.3, 0.4) is 0 Å². The van der Waals surface area contributed by atoms with Crippen LogP contribution in [-0.2, 0) is 83.2 Å². The highest BCUT2D eigenvalue weighted by molar-refractivity contribution is 9.09. The van der Waals surface area contributed by atoms with Gasteiger partial charge in [0.05, 0.1) is 87.0 Å². The van der Waals surface area contributed by atoms with Gasteiger partial charge in [0.1, 0.15) is 5.78 Å². The predicted octanol–water partition coefficient (Wildman–Crippen LogP) is 34.3. The van der Waals surface area contributed by atoms with E-state index in [-0.39, 0.29) is 95.4 Å². The van der Waals surface area contributed by atoms with Gasteiger partial charge in [-0.2, -0.15) is 0 Å². The lowest BCUT2D eigenvalue weighted by molar-refractivity contribution is -0.121. The normalized spacial score (nSPS) is 24.7. The quantitative estimate of drug-likeness (QED) is 0.0189. The molecule has 4 aliphatic carbocycles. The lowest BCUT2D eigenvalue weighted by Gasteiger charge is -2.40. The van der Waals surface area contributed by atoms with E-state index < -0.39 is 55.4 Å². The van der Waals surface area contributed by atoms with Gasteiger partial charge in [-0.1, -0.05) is 330 Å². The highest BCUT2D eigenvalue weighted by atomic mass is 79.9. The molecule has 0 aliphatic heterocycles. The van der Waals surface area contributed by atoms with E-state index in [2.05, 4.69) is 194 Å². The smallest absolute Gasteiger partial charge is 0.200 e. The molecule has 0 aromatic heterocycles. The summed E-state index contributed by atoms with van der Waals surface area (Å²) in [6.07, 6.45) is 66.5. The second-order valence-corrected chi connectivity index (χ2v) is 70.7. The molecule has 143 heavy (non-hydrogen) atoms. The fourth-order valence-corrected chi connectivity index (χ4v) is 28.5. The molecule has 0 saturated heterocycles. The molecule has 0 heterocycles. The lowest BCUT2D eigenvalue weighted by Crippen LogP contribution is -2.45. The average molecular weight is 2220 g/mol. The monoisotopic (exact) mass is 2220 g/mol. The van der Waals surface area contributed by atoms with Gasteiger partial charge in [-0.3, -0.25) is 18.5 Å². The number of ketones is 1. The Labute approximate surface area is 896 Å². The number of halogens is 1. The summed E-state index contributed by atoms with van der Waals surface area (Å²) in [5, 5.41) is 1.69. The molecule has 0 amide bonds. The lowest BCUT2D eigenvalue weighted by atomic mass is 9.87. The molecule has 852 valence electrons. The summed E-state index contributed by atoms with van der Waals surface area (Å²) in [5.41, 5.74) is 0. The second kappa shape index (κ2) is 80.1. The minimum absolute atomic E-state index is 0. The summed E-state index contributed by atoms with van der Waals surface area (Å²) >= 11 is 3.57. The summed E-state index contributed by atoms with van der Waals surface area (Å²) in [5.74, 6) is 2.92. The molecule has 0 aromatic rings. The molecule has 0 bridgehead atoms. The van der Waals surface area contributed by atoms with Crippen LogP contribution in [0.5, 0.6) is 0 Å². The maximum absolute atomic E-state index is 12.6. The standard InChI is InChI=1S/C30H61O5PSi.C29H59O5PSi.C27H53BrO3Si.C23H43O5P.C5H13O2P.CH4/c1-11-13-16-19-25(32-6)21-22-27-26(20-17-14-15-18-23-36(8,31)34-12-2)29(24-28(27)33-7)35-37(9,10)30(3,4)5;1-10-12-15-18-24(32-6)20-21-26-25(19-16-13-14-17-22-35(30,31)11-2)28(23-27(26)33-7)34-36(8,9)29(3,4)5;1-9-10-13-16-22(29-5)18-19-24-23(17-14-11-12-15-20-28)26(21-25(24)30-6)31-32(7,8)27(2,3)4;1-5-7-10-13-19(27-3)15-16-21-20(22(24)18-23(21)28-4)14-11-8-9-12-17-29(25,26)6-2;1-4-6-8(3)7-5-2;/h21-22,25-29H,11-20,23-24H2,1-10H3;20-21,24-28H,10-19,22-23H2,1-9H3,(H,30,31);18-19,22-26H,9-17,20-21H2,1-8H3;15-16,19-21,23H,5-14,17-18H2,1-4H3,(H,25,26);4-5H2,1-3H3;1H4/b22-21+;21-20+;19-18+;16-15+;;/t25-,26+,27+,28+,29-,36?;24-,25+,26+,27+,28?;22-,23+,24+,25+,26-;19-,20+,21+,23+;;/m0000../s1. The van der Waals surface area contributed by atoms with E-state index in [0.717, 1.165) is 166 Å². The van der Waals surface area contributed by atoms with Crippen LogP contribution in [-0.4, -0.2) is 234 Å². The van der Waals surface area contributed by atoms with Gasteiger partial charge >= 0.3 is 0 Å². The first-order valence-corrected chi connectivity index (χ1v) is 74.6. The molecular formula is C115H233BrO20P4Si3. The molecule has 20 nitrogen and oxygen atoms in total. The third kappa shape index (κ3) is 60.4. The van der Waals surface area contributed by atoms with Gasteiger partial charge in [-0.05, 0) is 189 Å².